The van der Waals surface area contributed by atoms with Gasteiger partial charge in [-0.2, -0.15) is 13.2 Å². The Morgan fingerprint density at radius 3 is 2.62 bits per heavy atom. The van der Waals surface area contributed by atoms with E-state index in [4.69, 9.17) is 4.74 Å². The van der Waals surface area contributed by atoms with Gasteiger partial charge in [0.2, 0.25) is 0 Å². The molecule has 0 spiro atoms. The van der Waals surface area contributed by atoms with Crippen molar-refractivity contribution in [3.8, 4) is 0 Å². The molecule has 2 aromatic heterocycles. The van der Waals surface area contributed by atoms with Crippen LogP contribution >= 0.6 is 0 Å². The van der Waals surface area contributed by atoms with Crippen LogP contribution in [-0.2, 0) is 17.3 Å². The van der Waals surface area contributed by atoms with Crippen LogP contribution in [0.15, 0.2) is 36.7 Å². The van der Waals surface area contributed by atoms with Gasteiger partial charge in [-0.1, -0.05) is 24.3 Å². The largest absolute Gasteiger partial charge is 0.431 e. The summed E-state index contributed by atoms with van der Waals surface area (Å²) in [4.78, 5) is 13.2. The number of alkyl halides is 3. The lowest BCUT2D eigenvalue weighted by Crippen LogP contribution is -2.54. The first-order chi connectivity index (χ1) is 15.3. The van der Waals surface area contributed by atoms with E-state index in [1.807, 2.05) is 12.1 Å². The van der Waals surface area contributed by atoms with Crippen molar-refractivity contribution < 1.29 is 17.9 Å². The molecule has 6 nitrogen and oxygen atoms in total. The van der Waals surface area contributed by atoms with Crippen molar-refractivity contribution in [2.24, 2.45) is 0 Å². The summed E-state index contributed by atoms with van der Waals surface area (Å²) < 4.78 is 45.7. The Balaban J connectivity index is 1.54. The van der Waals surface area contributed by atoms with Gasteiger partial charge in [0.05, 0.1) is 23.6 Å². The quantitative estimate of drug-likeness (QED) is 0.619. The Morgan fingerprint density at radius 1 is 1.12 bits per heavy atom. The number of fused-ring (bicyclic) bond motifs is 2. The van der Waals surface area contributed by atoms with E-state index >= 15 is 0 Å². The molecule has 2 aliphatic rings. The first-order valence-corrected chi connectivity index (χ1v) is 10.9. The molecule has 2 N–H and O–H groups in total. The Bertz CT molecular complexity index is 1100. The summed E-state index contributed by atoms with van der Waals surface area (Å²) in [6.45, 7) is 5.79. The highest BCUT2D eigenvalue weighted by Gasteiger charge is 2.38. The van der Waals surface area contributed by atoms with Gasteiger partial charge >= 0.3 is 6.18 Å². The molecule has 170 valence electrons. The minimum absolute atomic E-state index is 0.111. The zero-order valence-corrected chi connectivity index (χ0v) is 18.0. The summed E-state index contributed by atoms with van der Waals surface area (Å²) in [7, 11) is 0. The highest BCUT2D eigenvalue weighted by molar-refractivity contribution is 5.88. The van der Waals surface area contributed by atoms with Gasteiger partial charge in [0.25, 0.3) is 0 Å². The predicted octanol–water partition coefficient (Wildman–Crippen LogP) is 4.55. The number of aryl methyl sites for hydroxylation is 1. The number of nitrogens with one attached hydrogen (secondary N) is 2. The van der Waals surface area contributed by atoms with Crippen molar-refractivity contribution in [1.29, 1.82) is 0 Å². The first-order valence-electron chi connectivity index (χ1n) is 10.9. The summed E-state index contributed by atoms with van der Waals surface area (Å²) in [6, 6.07) is 9.40. The summed E-state index contributed by atoms with van der Waals surface area (Å²) in [5, 5.41) is 3.84. The maximum atomic E-state index is 13.3. The van der Waals surface area contributed by atoms with Crippen LogP contribution in [0.5, 0.6) is 0 Å². The van der Waals surface area contributed by atoms with Crippen molar-refractivity contribution in [2.75, 3.05) is 18.4 Å². The lowest BCUT2D eigenvalue weighted by atomic mass is 9.82. The fourth-order valence-corrected chi connectivity index (χ4v) is 5.15. The molecule has 1 aliphatic carbocycles. The second-order valence-corrected chi connectivity index (χ2v) is 8.80. The molecule has 1 aliphatic heterocycles. The maximum absolute atomic E-state index is 13.3. The van der Waals surface area contributed by atoms with E-state index in [0.29, 0.717) is 11.2 Å². The predicted molar refractivity (Wildman–Crippen MR) is 115 cm³/mol. The summed E-state index contributed by atoms with van der Waals surface area (Å²) in [5.41, 5.74) is 1.76. The molecular weight excluding hydrogens is 419 g/mol. The third-order valence-electron chi connectivity index (χ3n) is 6.42. The minimum atomic E-state index is -4.47. The number of halogens is 3. The number of aromatic nitrogens is 3. The number of hydrogen-bond donors (Lipinski definition) is 2. The number of rotatable bonds is 3. The number of anilines is 1. The number of hydrogen-bond acceptors (Lipinski definition) is 5. The summed E-state index contributed by atoms with van der Waals surface area (Å²) in [5.74, 6) is 0.405. The number of aromatic amines is 1. The number of benzene rings is 1. The SMILES string of the molecule is C[C@@H]1CN([C@@H]2CCc3ccccc3[C@H]2Nc2ncnc3[nH]c(C(F)(F)F)cc23)C[C@H](C)O1. The molecule has 0 unspecified atom stereocenters. The standard InChI is InChI=1S/C23H26F3N5O/c1-13-10-31(11-14(2)32-13)18-8-7-15-5-3-4-6-16(15)20(18)30-22-17-9-19(23(24,25)26)29-21(17)27-12-28-22/h3-6,9,12-14,18,20H,7-8,10-11H2,1-2H3,(H2,27,28,29,30)/t13-,14+,18-,20-/m1/s1. The smallest absolute Gasteiger partial charge is 0.373 e. The van der Waals surface area contributed by atoms with Crippen LogP contribution in [0.4, 0.5) is 19.0 Å². The summed E-state index contributed by atoms with van der Waals surface area (Å²) in [6.07, 6.45) is -1.02. The van der Waals surface area contributed by atoms with Crippen LogP contribution in [0.1, 0.15) is 43.1 Å². The molecule has 1 fully saturated rings. The molecule has 9 heteroatoms. The monoisotopic (exact) mass is 445 g/mol. The zero-order valence-electron chi connectivity index (χ0n) is 18.0. The third kappa shape index (κ3) is 3.95. The molecule has 3 heterocycles. The zero-order chi connectivity index (χ0) is 22.5. The van der Waals surface area contributed by atoms with E-state index in [-0.39, 0.29) is 29.9 Å². The van der Waals surface area contributed by atoms with Gasteiger partial charge in [0.15, 0.2) is 0 Å². The molecule has 3 aromatic rings. The van der Waals surface area contributed by atoms with Gasteiger partial charge < -0.3 is 15.0 Å². The van der Waals surface area contributed by atoms with Crippen LogP contribution in [0, 0.1) is 0 Å². The van der Waals surface area contributed by atoms with E-state index in [1.165, 1.54) is 11.9 Å². The van der Waals surface area contributed by atoms with Crippen molar-refractivity contribution in [2.45, 2.75) is 57.2 Å². The van der Waals surface area contributed by atoms with Gasteiger partial charge in [-0.15, -0.1) is 0 Å². The van der Waals surface area contributed by atoms with Crippen molar-refractivity contribution in [3.63, 3.8) is 0 Å². The number of nitrogens with zero attached hydrogens (tertiary/aromatic N) is 3. The lowest BCUT2D eigenvalue weighted by molar-refractivity contribution is -0.140. The van der Waals surface area contributed by atoms with Gasteiger partial charge in [-0.05, 0) is 43.9 Å². The molecule has 0 saturated carbocycles. The molecule has 0 radical (unpaired) electrons. The van der Waals surface area contributed by atoms with Crippen LogP contribution in [0.25, 0.3) is 11.0 Å². The van der Waals surface area contributed by atoms with E-state index in [9.17, 15) is 13.2 Å². The Kier molecular flexibility index (Phi) is 5.33. The fourth-order valence-electron chi connectivity index (χ4n) is 5.15. The lowest BCUT2D eigenvalue weighted by Gasteiger charge is -2.45. The van der Waals surface area contributed by atoms with E-state index < -0.39 is 11.9 Å². The van der Waals surface area contributed by atoms with Gasteiger partial charge in [0, 0.05) is 19.1 Å². The molecule has 1 aromatic carbocycles. The van der Waals surface area contributed by atoms with E-state index in [0.717, 1.165) is 37.6 Å². The fraction of sp³-hybridized carbons (Fsp3) is 0.478. The van der Waals surface area contributed by atoms with Crippen molar-refractivity contribution >= 4 is 16.9 Å². The van der Waals surface area contributed by atoms with Gasteiger partial charge in [-0.25, -0.2) is 9.97 Å². The van der Waals surface area contributed by atoms with Crippen LogP contribution in [-0.4, -0.2) is 51.2 Å². The normalized spacial score (nSPS) is 26.8. The average Bonchev–Trinajstić information content (AvgIpc) is 3.19. The molecule has 4 atom stereocenters. The third-order valence-corrected chi connectivity index (χ3v) is 6.42. The molecule has 0 bridgehead atoms. The molecule has 0 amide bonds. The molecular formula is C23H26F3N5O. The average molecular weight is 445 g/mol. The number of H-pyrrole nitrogens is 1. The first kappa shape index (κ1) is 21.2. The second-order valence-electron chi connectivity index (χ2n) is 8.80. The summed E-state index contributed by atoms with van der Waals surface area (Å²) >= 11 is 0. The highest BCUT2D eigenvalue weighted by atomic mass is 19.4. The molecule has 5 rings (SSSR count). The van der Waals surface area contributed by atoms with Crippen molar-refractivity contribution in [3.05, 3.63) is 53.5 Å². The molecule has 32 heavy (non-hydrogen) atoms. The van der Waals surface area contributed by atoms with Crippen LogP contribution < -0.4 is 5.32 Å². The Morgan fingerprint density at radius 2 is 1.88 bits per heavy atom. The van der Waals surface area contributed by atoms with E-state index in [1.54, 1.807) is 0 Å². The Hall–Kier alpha value is -2.65. The number of morpholine rings is 1. The second kappa shape index (κ2) is 8.04. The maximum Gasteiger partial charge on any atom is 0.431 e. The van der Waals surface area contributed by atoms with Crippen molar-refractivity contribution in [1.82, 2.24) is 19.9 Å². The highest BCUT2D eigenvalue weighted by Crippen LogP contribution is 2.38. The Labute approximate surface area is 184 Å². The van der Waals surface area contributed by atoms with Gasteiger partial charge in [-0.3, -0.25) is 4.90 Å². The topological polar surface area (TPSA) is 66.1 Å². The number of ether oxygens (including phenoxy) is 1. The van der Waals surface area contributed by atoms with Crippen LogP contribution in [0.3, 0.4) is 0 Å². The molecule has 1 saturated heterocycles. The van der Waals surface area contributed by atoms with Crippen LogP contribution in [0.2, 0.25) is 0 Å². The van der Waals surface area contributed by atoms with E-state index in [2.05, 4.69) is 51.1 Å². The minimum Gasteiger partial charge on any atom is -0.373 e. The van der Waals surface area contributed by atoms with Gasteiger partial charge in [0.1, 0.15) is 23.5 Å².